The van der Waals surface area contributed by atoms with Crippen LogP contribution in [-0.2, 0) is 17.8 Å². The van der Waals surface area contributed by atoms with Crippen molar-refractivity contribution in [3.8, 4) is 0 Å². The Balaban J connectivity index is 1.28. The molecule has 1 aliphatic rings. The van der Waals surface area contributed by atoms with E-state index in [1.807, 2.05) is 24.3 Å². The number of para-hydroxylation sites is 1. The number of nitrogens with zero attached hydrogens (tertiary/aromatic N) is 2. The van der Waals surface area contributed by atoms with Gasteiger partial charge in [0.1, 0.15) is 5.82 Å². The molecule has 2 aromatic carbocycles. The number of aromatic nitrogens is 2. The molecule has 0 spiro atoms. The molecule has 1 fully saturated rings. The van der Waals surface area contributed by atoms with Crippen LogP contribution in [0.5, 0.6) is 0 Å². The lowest BCUT2D eigenvalue weighted by Crippen LogP contribution is -2.37. The van der Waals surface area contributed by atoms with E-state index >= 15 is 0 Å². The molecule has 1 aliphatic heterocycles. The molecule has 2 heterocycles. The highest BCUT2D eigenvalue weighted by Gasteiger charge is 2.23. The van der Waals surface area contributed by atoms with Crippen molar-refractivity contribution in [2.24, 2.45) is 0 Å². The average molecular weight is 376 g/mol. The largest absolute Gasteiger partial charge is 0.352 e. The molecule has 144 valence electrons. The van der Waals surface area contributed by atoms with Crippen molar-refractivity contribution in [1.29, 1.82) is 0 Å². The minimum Gasteiger partial charge on any atom is -0.352 e. The van der Waals surface area contributed by atoms with E-state index in [-0.39, 0.29) is 17.5 Å². The maximum Gasteiger partial charge on any atom is 0.258 e. The molecule has 0 bridgehead atoms. The smallest absolute Gasteiger partial charge is 0.258 e. The summed E-state index contributed by atoms with van der Waals surface area (Å²) in [7, 11) is 0. The number of hydrogen-bond donors (Lipinski definition) is 2. The number of nitrogens with one attached hydrogen (secondary N) is 2. The molecule has 0 unspecified atom stereocenters. The number of fused-ring (bicyclic) bond motifs is 1. The summed E-state index contributed by atoms with van der Waals surface area (Å²) in [5, 5.41) is 3.69. The van der Waals surface area contributed by atoms with Gasteiger partial charge in [0.15, 0.2) is 0 Å². The van der Waals surface area contributed by atoms with Crippen LogP contribution in [-0.4, -0.2) is 39.9 Å². The van der Waals surface area contributed by atoms with Gasteiger partial charge in [-0.05, 0) is 24.1 Å². The topological polar surface area (TPSA) is 78.1 Å². The second kappa shape index (κ2) is 8.35. The van der Waals surface area contributed by atoms with E-state index in [1.54, 1.807) is 6.07 Å². The summed E-state index contributed by atoms with van der Waals surface area (Å²) in [6.07, 6.45) is 1.70. The number of hydrogen-bond acceptors (Lipinski definition) is 4. The highest BCUT2D eigenvalue weighted by Crippen LogP contribution is 2.14. The van der Waals surface area contributed by atoms with Crippen molar-refractivity contribution in [2.75, 3.05) is 13.1 Å². The van der Waals surface area contributed by atoms with Gasteiger partial charge in [-0.25, -0.2) is 4.98 Å². The Morgan fingerprint density at radius 2 is 1.93 bits per heavy atom. The summed E-state index contributed by atoms with van der Waals surface area (Å²) >= 11 is 0. The zero-order chi connectivity index (χ0) is 19.3. The Bertz CT molecular complexity index is 1020. The molecule has 4 rings (SSSR count). The summed E-state index contributed by atoms with van der Waals surface area (Å²) in [6, 6.07) is 17.8. The molecular weight excluding hydrogens is 352 g/mol. The first kappa shape index (κ1) is 18.4. The summed E-state index contributed by atoms with van der Waals surface area (Å²) in [5.74, 6) is 0.554. The van der Waals surface area contributed by atoms with Gasteiger partial charge in [0, 0.05) is 38.5 Å². The van der Waals surface area contributed by atoms with Crippen molar-refractivity contribution in [3.63, 3.8) is 0 Å². The maximum atomic E-state index is 12.3. The Labute approximate surface area is 163 Å². The van der Waals surface area contributed by atoms with Crippen LogP contribution in [0.2, 0.25) is 0 Å². The predicted octanol–water partition coefficient (Wildman–Crippen LogP) is 2.25. The zero-order valence-corrected chi connectivity index (χ0v) is 15.7. The van der Waals surface area contributed by atoms with Gasteiger partial charge in [0.05, 0.1) is 10.9 Å². The van der Waals surface area contributed by atoms with Crippen LogP contribution in [0.15, 0.2) is 59.4 Å². The summed E-state index contributed by atoms with van der Waals surface area (Å²) in [5.41, 5.74) is 1.79. The first-order valence-electron chi connectivity index (χ1n) is 9.71. The van der Waals surface area contributed by atoms with E-state index in [4.69, 9.17) is 0 Å². The van der Waals surface area contributed by atoms with E-state index in [0.29, 0.717) is 29.6 Å². The molecule has 3 aromatic rings. The van der Waals surface area contributed by atoms with Gasteiger partial charge in [-0.2, -0.15) is 0 Å². The maximum absolute atomic E-state index is 12.3. The normalized spacial score (nSPS) is 17.1. The quantitative estimate of drug-likeness (QED) is 0.692. The minimum absolute atomic E-state index is 0.00219. The van der Waals surface area contributed by atoms with Crippen molar-refractivity contribution in [3.05, 3.63) is 76.3 Å². The summed E-state index contributed by atoms with van der Waals surface area (Å²) < 4.78 is 0. The van der Waals surface area contributed by atoms with Gasteiger partial charge < -0.3 is 10.3 Å². The second-order valence-electron chi connectivity index (χ2n) is 7.30. The third-order valence-electron chi connectivity index (χ3n) is 5.14. The number of benzene rings is 2. The molecule has 0 radical (unpaired) electrons. The van der Waals surface area contributed by atoms with Crippen LogP contribution < -0.4 is 10.9 Å². The molecule has 1 amide bonds. The highest BCUT2D eigenvalue weighted by atomic mass is 16.1. The van der Waals surface area contributed by atoms with Crippen LogP contribution in [0.25, 0.3) is 10.9 Å². The van der Waals surface area contributed by atoms with E-state index in [0.717, 1.165) is 26.1 Å². The van der Waals surface area contributed by atoms with Crippen LogP contribution in [0, 0.1) is 0 Å². The van der Waals surface area contributed by atoms with Crippen molar-refractivity contribution >= 4 is 16.8 Å². The highest BCUT2D eigenvalue weighted by molar-refractivity contribution is 5.78. The van der Waals surface area contributed by atoms with Gasteiger partial charge in [-0.3, -0.25) is 14.5 Å². The molecule has 6 heteroatoms. The molecule has 6 nitrogen and oxygen atoms in total. The summed E-state index contributed by atoms with van der Waals surface area (Å²) in [6.45, 7) is 2.76. The lowest BCUT2D eigenvalue weighted by molar-refractivity contribution is -0.121. The number of H-pyrrole nitrogens is 1. The van der Waals surface area contributed by atoms with Crippen molar-refractivity contribution in [1.82, 2.24) is 20.2 Å². The third kappa shape index (κ3) is 4.46. The first-order valence-corrected chi connectivity index (χ1v) is 9.71. The van der Waals surface area contributed by atoms with Crippen molar-refractivity contribution < 1.29 is 4.79 Å². The molecular formula is C22H24N4O2. The molecule has 28 heavy (non-hydrogen) atoms. The van der Waals surface area contributed by atoms with Gasteiger partial charge in [0.2, 0.25) is 5.91 Å². The second-order valence-corrected chi connectivity index (χ2v) is 7.30. The lowest BCUT2D eigenvalue weighted by Gasteiger charge is -2.16. The zero-order valence-electron chi connectivity index (χ0n) is 15.7. The number of aryl methyl sites for hydroxylation is 1. The Kier molecular flexibility index (Phi) is 5.48. The first-order chi connectivity index (χ1) is 13.7. The molecule has 1 aromatic heterocycles. The predicted molar refractivity (Wildman–Crippen MR) is 109 cm³/mol. The number of rotatable bonds is 6. The fourth-order valence-corrected chi connectivity index (χ4v) is 3.72. The van der Waals surface area contributed by atoms with Gasteiger partial charge in [0.25, 0.3) is 5.56 Å². The number of aromatic amines is 1. The van der Waals surface area contributed by atoms with Crippen molar-refractivity contribution in [2.45, 2.75) is 31.8 Å². The number of carbonyl (C=O) groups excluding carboxylic acids is 1. The SMILES string of the molecule is O=C(CCc1nc2ccccc2c(=O)[nH]1)N[C@H]1CCN(Cc2ccccc2)C1. The van der Waals surface area contributed by atoms with Gasteiger partial charge in [-0.1, -0.05) is 42.5 Å². The summed E-state index contributed by atoms with van der Waals surface area (Å²) in [4.78, 5) is 34.0. The van der Waals surface area contributed by atoms with Gasteiger partial charge in [-0.15, -0.1) is 0 Å². The van der Waals surface area contributed by atoms with Crippen LogP contribution in [0.1, 0.15) is 24.2 Å². The minimum atomic E-state index is -0.159. The van der Waals surface area contributed by atoms with Crippen LogP contribution >= 0.6 is 0 Å². The number of carbonyl (C=O) groups is 1. The van der Waals surface area contributed by atoms with E-state index in [9.17, 15) is 9.59 Å². The number of amides is 1. The molecule has 2 N–H and O–H groups in total. The standard InChI is InChI=1S/C22H24N4O2/c27-21(11-10-20-24-19-9-5-4-8-18(19)22(28)25-20)23-17-12-13-26(15-17)14-16-6-2-1-3-7-16/h1-9,17H,10-15H2,(H,23,27)(H,24,25,28)/t17-/m0/s1. The van der Waals surface area contributed by atoms with E-state index in [2.05, 4.69) is 44.5 Å². The van der Waals surface area contributed by atoms with Crippen LogP contribution in [0.4, 0.5) is 0 Å². The fourth-order valence-electron chi connectivity index (χ4n) is 3.72. The molecule has 1 atom stereocenters. The number of likely N-dealkylation sites (tertiary alicyclic amines) is 1. The molecule has 1 saturated heterocycles. The Morgan fingerprint density at radius 1 is 1.14 bits per heavy atom. The van der Waals surface area contributed by atoms with E-state index in [1.165, 1.54) is 5.56 Å². The fraction of sp³-hybridized carbons (Fsp3) is 0.318. The third-order valence-corrected chi connectivity index (χ3v) is 5.14. The van der Waals surface area contributed by atoms with Crippen LogP contribution in [0.3, 0.4) is 0 Å². The average Bonchev–Trinajstić information content (AvgIpc) is 3.14. The Hall–Kier alpha value is -2.99. The monoisotopic (exact) mass is 376 g/mol. The molecule has 0 aliphatic carbocycles. The lowest BCUT2D eigenvalue weighted by atomic mass is 10.2. The molecule has 0 saturated carbocycles. The van der Waals surface area contributed by atoms with E-state index < -0.39 is 0 Å². The van der Waals surface area contributed by atoms with Gasteiger partial charge >= 0.3 is 0 Å². The Morgan fingerprint density at radius 3 is 2.79 bits per heavy atom.